The summed E-state index contributed by atoms with van der Waals surface area (Å²) in [6, 6.07) is 13.2. The predicted molar refractivity (Wildman–Crippen MR) is 92.4 cm³/mol. The molecule has 0 unspecified atom stereocenters. The Hall–Kier alpha value is -2.59. The Kier molecular flexibility index (Phi) is 4.17. The molecule has 0 saturated carbocycles. The van der Waals surface area contributed by atoms with E-state index in [9.17, 15) is 4.79 Å². The van der Waals surface area contributed by atoms with Crippen LogP contribution in [0.5, 0.6) is 0 Å². The number of aryl methyl sites for hydroxylation is 2. The van der Waals surface area contributed by atoms with Crippen LogP contribution >= 0.6 is 11.6 Å². The van der Waals surface area contributed by atoms with Gasteiger partial charge in [-0.15, -0.1) is 0 Å². The molecule has 5 heteroatoms. The molecule has 0 aliphatic carbocycles. The van der Waals surface area contributed by atoms with E-state index in [4.69, 9.17) is 11.6 Å². The number of nitrogens with one attached hydrogen (secondary N) is 1. The van der Waals surface area contributed by atoms with E-state index in [1.54, 1.807) is 29.2 Å². The second kappa shape index (κ2) is 6.26. The number of hydrogen-bond donors (Lipinski definition) is 1. The number of nitrogens with zero attached hydrogens (tertiary/aromatic N) is 2. The van der Waals surface area contributed by atoms with Gasteiger partial charge in [-0.2, -0.15) is 5.10 Å². The molecule has 23 heavy (non-hydrogen) atoms. The lowest BCUT2D eigenvalue weighted by atomic mass is 10.1. The lowest BCUT2D eigenvalue weighted by molar-refractivity contribution is 0.102. The van der Waals surface area contributed by atoms with Gasteiger partial charge in [0.15, 0.2) is 0 Å². The van der Waals surface area contributed by atoms with E-state index in [0.717, 1.165) is 22.5 Å². The fraction of sp³-hybridized carbons (Fsp3) is 0.111. The van der Waals surface area contributed by atoms with Gasteiger partial charge in [0.25, 0.3) is 5.91 Å². The number of rotatable bonds is 3. The van der Waals surface area contributed by atoms with Crippen molar-refractivity contribution in [2.24, 2.45) is 0 Å². The zero-order valence-electron chi connectivity index (χ0n) is 12.9. The van der Waals surface area contributed by atoms with Gasteiger partial charge in [0.1, 0.15) is 0 Å². The molecule has 0 spiro atoms. The summed E-state index contributed by atoms with van der Waals surface area (Å²) in [5, 5.41) is 7.80. The van der Waals surface area contributed by atoms with Crippen molar-refractivity contribution < 1.29 is 4.79 Å². The molecule has 1 N–H and O–H groups in total. The summed E-state index contributed by atoms with van der Waals surface area (Å²) >= 11 is 5.88. The number of hydrogen-bond acceptors (Lipinski definition) is 2. The Morgan fingerprint density at radius 3 is 2.57 bits per heavy atom. The van der Waals surface area contributed by atoms with E-state index < -0.39 is 0 Å². The van der Waals surface area contributed by atoms with Crippen molar-refractivity contribution in [1.29, 1.82) is 0 Å². The average Bonchev–Trinajstić information content (AvgIpc) is 3.01. The minimum Gasteiger partial charge on any atom is -0.322 e. The highest BCUT2D eigenvalue weighted by molar-refractivity contribution is 6.30. The van der Waals surface area contributed by atoms with Gasteiger partial charge >= 0.3 is 0 Å². The molecule has 0 radical (unpaired) electrons. The summed E-state index contributed by atoms with van der Waals surface area (Å²) in [7, 11) is 0. The maximum Gasteiger partial charge on any atom is 0.258 e. The van der Waals surface area contributed by atoms with Crippen LogP contribution in [0.25, 0.3) is 5.69 Å². The Morgan fingerprint density at radius 2 is 1.87 bits per heavy atom. The number of halogens is 1. The van der Waals surface area contributed by atoms with E-state index in [1.807, 2.05) is 44.2 Å². The minimum absolute atomic E-state index is 0.183. The molecule has 2 aromatic carbocycles. The van der Waals surface area contributed by atoms with Crippen LogP contribution in [0.3, 0.4) is 0 Å². The second-order valence-electron chi connectivity index (χ2n) is 5.42. The fourth-order valence-electron chi connectivity index (χ4n) is 2.32. The first kappa shape index (κ1) is 15.3. The summed E-state index contributed by atoms with van der Waals surface area (Å²) in [5.74, 6) is -0.183. The first-order chi connectivity index (χ1) is 11.0. The smallest absolute Gasteiger partial charge is 0.258 e. The molecule has 0 aliphatic heterocycles. The maximum atomic E-state index is 12.4. The van der Waals surface area contributed by atoms with E-state index in [0.29, 0.717) is 10.6 Å². The lowest BCUT2D eigenvalue weighted by Crippen LogP contribution is -2.12. The Morgan fingerprint density at radius 1 is 1.13 bits per heavy atom. The molecule has 3 rings (SSSR count). The van der Waals surface area contributed by atoms with Gasteiger partial charge in [0.2, 0.25) is 0 Å². The minimum atomic E-state index is -0.183. The number of aromatic nitrogens is 2. The number of amides is 1. The topological polar surface area (TPSA) is 46.9 Å². The number of carbonyl (C=O) groups is 1. The van der Waals surface area contributed by atoms with Gasteiger partial charge in [-0.05, 0) is 49.7 Å². The van der Waals surface area contributed by atoms with Gasteiger partial charge in [-0.25, -0.2) is 4.68 Å². The van der Waals surface area contributed by atoms with Crippen LogP contribution < -0.4 is 5.32 Å². The summed E-state index contributed by atoms with van der Waals surface area (Å²) in [6.07, 6.45) is 3.25. The van der Waals surface area contributed by atoms with E-state index in [2.05, 4.69) is 10.4 Å². The zero-order valence-corrected chi connectivity index (χ0v) is 13.6. The molecule has 3 aromatic rings. The highest BCUT2D eigenvalue weighted by Crippen LogP contribution is 2.18. The standard InChI is InChI=1S/C18H16ClN3O/c1-12-3-8-17(13(2)9-12)21-18(23)14-10-20-22(11-14)16-6-4-15(19)5-7-16/h3-11H,1-2H3,(H,21,23). The van der Waals surface area contributed by atoms with Crippen LogP contribution in [-0.2, 0) is 0 Å². The predicted octanol–water partition coefficient (Wildman–Crippen LogP) is 4.39. The van der Waals surface area contributed by atoms with Crippen LogP contribution in [0.1, 0.15) is 21.5 Å². The van der Waals surface area contributed by atoms with Crippen LogP contribution in [0.15, 0.2) is 54.9 Å². The van der Waals surface area contributed by atoms with Crippen LogP contribution in [0.2, 0.25) is 5.02 Å². The maximum absolute atomic E-state index is 12.4. The Balaban J connectivity index is 1.79. The Labute approximate surface area is 139 Å². The molecule has 1 heterocycles. The van der Waals surface area contributed by atoms with Crippen molar-refractivity contribution >= 4 is 23.2 Å². The van der Waals surface area contributed by atoms with Gasteiger partial charge < -0.3 is 5.32 Å². The molecule has 0 fully saturated rings. The fourth-order valence-corrected chi connectivity index (χ4v) is 2.45. The molecule has 0 atom stereocenters. The first-order valence-corrected chi connectivity index (χ1v) is 7.60. The largest absolute Gasteiger partial charge is 0.322 e. The molecular weight excluding hydrogens is 310 g/mol. The SMILES string of the molecule is Cc1ccc(NC(=O)c2cnn(-c3ccc(Cl)cc3)c2)c(C)c1. The van der Waals surface area contributed by atoms with Crippen molar-refractivity contribution in [3.63, 3.8) is 0 Å². The molecule has 1 aromatic heterocycles. The average molecular weight is 326 g/mol. The van der Waals surface area contributed by atoms with Gasteiger partial charge in [-0.1, -0.05) is 29.3 Å². The van der Waals surface area contributed by atoms with Gasteiger partial charge in [-0.3, -0.25) is 4.79 Å². The third-order valence-corrected chi connectivity index (χ3v) is 3.82. The highest BCUT2D eigenvalue weighted by Gasteiger charge is 2.11. The third kappa shape index (κ3) is 3.43. The quantitative estimate of drug-likeness (QED) is 0.776. The molecule has 4 nitrogen and oxygen atoms in total. The normalized spacial score (nSPS) is 10.6. The molecule has 0 aliphatic rings. The van der Waals surface area contributed by atoms with Crippen LogP contribution in [0.4, 0.5) is 5.69 Å². The zero-order chi connectivity index (χ0) is 16.4. The monoisotopic (exact) mass is 325 g/mol. The van der Waals surface area contributed by atoms with Crippen LogP contribution in [0, 0.1) is 13.8 Å². The van der Waals surface area contributed by atoms with Gasteiger partial charge in [0.05, 0.1) is 17.4 Å². The van der Waals surface area contributed by atoms with Crippen LogP contribution in [-0.4, -0.2) is 15.7 Å². The van der Waals surface area contributed by atoms with E-state index >= 15 is 0 Å². The molecule has 0 saturated heterocycles. The summed E-state index contributed by atoms with van der Waals surface area (Å²) in [5.41, 5.74) is 4.35. The van der Waals surface area contributed by atoms with Crippen molar-refractivity contribution in [2.45, 2.75) is 13.8 Å². The molecule has 1 amide bonds. The first-order valence-electron chi connectivity index (χ1n) is 7.22. The van der Waals surface area contributed by atoms with Gasteiger partial charge in [0, 0.05) is 16.9 Å². The summed E-state index contributed by atoms with van der Waals surface area (Å²) in [4.78, 5) is 12.4. The van der Waals surface area contributed by atoms with E-state index in [-0.39, 0.29) is 5.91 Å². The summed E-state index contributed by atoms with van der Waals surface area (Å²) in [6.45, 7) is 3.99. The molecule has 0 bridgehead atoms. The number of anilines is 1. The van der Waals surface area contributed by atoms with Crippen molar-refractivity contribution in [3.05, 3.63) is 76.6 Å². The van der Waals surface area contributed by atoms with Crippen molar-refractivity contribution in [1.82, 2.24) is 9.78 Å². The van der Waals surface area contributed by atoms with Crippen molar-refractivity contribution in [2.75, 3.05) is 5.32 Å². The lowest BCUT2D eigenvalue weighted by Gasteiger charge is -2.08. The number of benzene rings is 2. The molecular formula is C18H16ClN3O. The Bertz CT molecular complexity index is 853. The highest BCUT2D eigenvalue weighted by atomic mass is 35.5. The molecule has 116 valence electrons. The second-order valence-corrected chi connectivity index (χ2v) is 5.86. The van der Waals surface area contributed by atoms with E-state index in [1.165, 1.54) is 0 Å². The summed E-state index contributed by atoms with van der Waals surface area (Å²) < 4.78 is 1.65. The number of carbonyl (C=O) groups excluding carboxylic acids is 1. The third-order valence-electron chi connectivity index (χ3n) is 3.57. The van der Waals surface area contributed by atoms with Crippen molar-refractivity contribution in [3.8, 4) is 5.69 Å².